The molecule has 3 aromatic rings. The van der Waals surface area contributed by atoms with Gasteiger partial charge in [0.2, 0.25) is 0 Å². The molecule has 0 unspecified atom stereocenters. The Bertz CT molecular complexity index is 969. The molecule has 3 heterocycles. The van der Waals surface area contributed by atoms with Crippen LogP contribution in [0, 0.1) is 0 Å². The lowest BCUT2D eigenvalue weighted by Gasteiger charge is -2.33. The van der Waals surface area contributed by atoms with Gasteiger partial charge in [-0.2, -0.15) is 5.10 Å². The van der Waals surface area contributed by atoms with Crippen LogP contribution in [0.4, 0.5) is 5.69 Å². The summed E-state index contributed by atoms with van der Waals surface area (Å²) in [6.45, 7) is 2.37. The molecule has 2 aromatic heterocycles. The van der Waals surface area contributed by atoms with Crippen LogP contribution >= 0.6 is 11.6 Å². The maximum atomic E-state index is 13.1. The minimum Gasteiger partial charge on any atom is -0.497 e. The summed E-state index contributed by atoms with van der Waals surface area (Å²) in [4.78, 5) is 14.8. The van der Waals surface area contributed by atoms with E-state index in [2.05, 4.69) is 5.10 Å². The molecule has 6 nitrogen and oxygen atoms in total. The fourth-order valence-corrected chi connectivity index (χ4v) is 3.11. The Labute approximate surface area is 149 Å². The lowest BCUT2D eigenvalue weighted by molar-refractivity contribution is 0.0956. The Kier molecular flexibility index (Phi) is 3.77. The number of hydrogen-bond acceptors (Lipinski definition) is 4. The molecule has 0 saturated carbocycles. The summed E-state index contributed by atoms with van der Waals surface area (Å²) in [5.41, 5.74) is 1.80. The number of carbonyl (C=O) groups is 1. The lowest BCUT2D eigenvalue weighted by Crippen LogP contribution is -2.42. The summed E-state index contributed by atoms with van der Waals surface area (Å²) in [5, 5.41) is 4.96. The third-order valence-electron chi connectivity index (χ3n) is 4.11. The van der Waals surface area contributed by atoms with Gasteiger partial charge in [-0.15, -0.1) is 0 Å². The van der Waals surface area contributed by atoms with E-state index in [1.54, 1.807) is 47.0 Å². The molecular formula is C18H16ClN3O3. The molecule has 0 bridgehead atoms. The number of nitrogens with zero attached hydrogens (tertiary/aromatic N) is 3. The predicted octanol–water partition coefficient (Wildman–Crippen LogP) is 3.42. The highest BCUT2D eigenvalue weighted by molar-refractivity contribution is 6.30. The molecule has 7 heteroatoms. The van der Waals surface area contributed by atoms with Crippen LogP contribution in [-0.4, -0.2) is 35.3 Å². The van der Waals surface area contributed by atoms with Crippen molar-refractivity contribution in [2.24, 2.45) is 0 Å². The van der Waals surface area contributed by atoms with Crippen molar-refractivity contribution >= 4 is 28.7 Å². The molecule has 0 spiro atoms. The third-order valence-corrected chi connectivity index (χ3v) is 4.35. The number of anilines is 1. The topological polar surface area (TPSA) is 56.1 Å². The first-order chi connectivity index (χ1) is 12.0. The zero-order valence-corrected chi connectivity index (χ0v) is 14.5. The number of amides is 1. The highest BCUT2D eigenvalue weighted by Crippen LogP contribution is 2.37. The second kappa shape index (κ2) is 5.97. The molecule has 0 radical (unpaired) electrons. The monoisotopic (exact) mass is 357 g/mol. The number of methoxy groups -OCH3 is 1. The van der Waals surface area contributed by atoms with Gasteiger partial charge in [-0.25, -0.2) is 4.52 Å². The number of aromatic nitrogens is 2. The summed E-state index contributed by atoms with van der Waals surface area (Å²) >= 11 is 6.01. The van der Waals surface area contributed by atoms with Crippen molar-refractivity contribution < 1.29 is 14.3 Å². The SMILES string of the molecule is COc1ccc2c(c1)N(C(=O)c1cc3cc(Cl)ccn3n1)C[C@H](C)O2. The molecule has 1 atom stereocenters. The Balaban J connectivity index is 1.76. The lowest BCUT2D eigenvalue weighted by atomic mass is 10.1. The van der Waals surface area contributed by atoms with E-state index in [4.69, 9.17) is 21.1 Å². The molecule has 4 rings (SSSR count). The van der Waals surface area contributed by atoms with Crippen molar-refractivity contribution in [2.45, 2.75) is 13.0 Å². The number of halogens is 1. The molecule has 0 aliphatic carbocycles. The summed E-state index contributed by atoms with van der Waals surface area (Å²) in [6.07, 6.45) is 1.62. The van der Waals surface area contributed by atoms with Crippen molar-refractivity contribution in [3.63, 3.8) is 0 Å². The van der Waals surface area contributed by atoms with E-state index in [0.29, 0.717) is 34.4 Å². The highest BCUT2D eigenvalue weighted by atomic mass is 35.5. The van der Waals surface area contributed by atoms with E-state index >= 15 is 0 Å². The molecule has 1 aliphatic rings. The highest BCUT2D eigenvalue weighted by Gasteiger charge is 2.30. The number of carbonyl (C=O) groups excluding carboxylic acids is 1. The Morgan fingerprint density at radius 2 is 2.16 bits per heavy atom. The van der Waals surface area contributed by atoms with Crippen LogP contribution in [0.3, 0.4) is 0 Å². The second-order valence-electron chi connectivity index (χ2n) is 5.92. The average molecular weight is 358 g/mol. The summed E-state index contributed by atoms with van der Waals surface area (Å²) in [7, 11) is 1.59. The van der Waals surface area contributed by atoms with Gasteiger partial charge in [-0.3, -0.25) is 9.69 Å². The van der Waals surface area contributed by atoms with Gasteiger partial charge in [0.15, 0.2) is 5.69 Å². The summed E-state index contributed by atoms with van der Waals surface area (Å²) < 4.78 is 12.7. The van der Waals surface area contributed by atoms with Crippen molar-refractivity contribution in [1.29, 1.82) is 0 Å². The van der Waals surface area contributed by atoms with Gasteiger partial charge in [0.05, 0.1) is 24.9 Å². The zero-order valence-electron chi connectivity index (χ0n) is 13.8. The van der Waals surface area contributed by atoms with Crippen molar-refractivity contribution in [3.8, 4) is 11.5 Å². The van der Waals surface area contributed by atoms with E-state index in [1.807, 2.05) is 19.1 Å². The van der Waals surface area contributed by atoms with Crippen LogP contribution in [0.15, 0.2) is 42.6 Å². The van der Waals surface area contributed by atoms with Gasteiger partial charge in [0.25, 0.3) is 5.91 Å². The van der Waals surface area contributed by atoms with E-state index in [9.17, 15) is 4.79 Å². The largest absolute Gasteiger partial charge is 0.497 e. The summed E-state index contributed by atoms with van der Waals surface area (Å²) in [5.74, 6) is 1.13. The standard InChI is InChI=1S/C18H16ClN3O3/c1-11-10-21(16-9-14(24-2)3-4-17(16)25-11)18(23)15-8-13-7-12(19)5-6-22(13)20-15/h3-9,11H,10H2,1-2H3/t11-/m0/s1. The average Bonchev–Trinajstić information content (AvgIpc) is 3.03. The maximum Gasteiger partial charge on any atom is 0.279 e. The molecule has 0 fully saturated rings. The zero-order chi connectivity index (χ0) is 17.6. The minimum atomic E-state index is -0.190. The van der Waals surface area contributed by atoms with Crippen LogP contribution in [0.1, 0.15) is 17.4 Å². The molecular weight excluding hydrogens is 342 g/mol. The molecule has 0 saturated heterocycles. The van der Waals surface area contributed by atoms with Gasteiger partial charge in [-0.1, -0.05) is 11.6 Å². The maximum absolute atomic E-state index is 13.1. The molecule has 128 valence electrons. The van der Waals surface area contributed by atoms with Crippen LogP contribution < -0.4 is 14.4 Å². The normalized spacial score (nSPS) is 16.4. The summed E-state index contributed by atoms with van der Waals surface area (Å²) in [6, 6.07) is 10.6. The molecule has 1 amide bonds. The number of ether oxygens (including phenoxy) is 2. The quantitative estimate of drug-likeness (QED) is 0.705. The number of hydrogen-bond donors (Lipinski definition) is 0. The first-order valence-electron chi connectivity index (χ1n) is 7.86. The van der Waals surface area contributed by atoms with Gasteiger partial charge in [0.1, 0.15) is 17.6 Å². The number of fused-ring (bicyclic) bond motifs is 2. The van der Waals surface area contributed by atoms with Gasteiger partial charge >= 0.3 is 0 Å². The number of benzene rings is 1. The van der Waals surface area contributed by atoms with Crippen LogP contribution in [0.25, 0.3) is 5.52 Å². The van der Waals surface area contributed by atoms with E-state index in [0.717, 1.165) is 5.52 Å². The Morgan fingerprint density at radius 1 is 1.32 bits per heavy atom. The van der Waals surface area contributed by atoms with Crippen LogP contribution in [-0.2, 0) is 0 Å². The minimum absolute atomic E-state index is 0.115. The fraction of sp³-hybridized carbons (Fsp3) is 0.222. The second-order valence-corrected chi connectivity index (χ2v) is 6.36. The predicted molar refractivity (Wildman–Crippen MR) is 95.0 cm³/mol. The van der Waals surface area contributed by atoms with Gasteiger partial charge < -0.3 is 9.47 Å². The first-order valence-corrected chi connectivity index (χ1v) is 8.24. The molecule has 0 N–H and O–H groups in total. The van der Waals surface area contributed by atoms with Crippen LogP contribution in [0.5, 0.6) is 11.5 Å². The molecule has 25 heavy (non-hydrogen) atoms. The fourth-order valence-electron chi connectivity index (χ4n) is 2.95. The van der Waals surface area contributed by atoms with Crippen molar-refractivity contribution in [3.05, 3.63) is 53.3 Å². The van der Waals surface area contributed by atoms with Gasteiger partial charge in [0, 0.05) is 17.3 Å². The first kappa shape index (κ1) is 15.8. The Hall–Kier alpha value is -2.73. The molecule has 1 aromatic carbocycles. The third kappa shape index (κ3) is 2.78. The number of pyridine rings is 1. The van der Waals surface area contributed by atoms with E-state index < -0.39 is 0 Å². The van der Waals surface area contributed by atoms with E-state index in [-0.39, 0.29) is 12.0 Å². The van der Waals surface area contributed by atoms with Crippen molar-refractivity contribution in [2.75, 3.05) is 18.6 Å². The van der Waals surface area contributed by atoms with Gasteiger partial charge in [-0.05, 0) is 37.3 Å². The Morgan fingerprint density at radius 3 is 2.96 bits per heavy atom. The van der Waals surface area contributed by atoms with E-state index in [1.165, 1.54) is 0 Å². The van der Waals surface area contributed by atoms with Crippen LogP contribution in [0.2, 0.25) is 5.02 Å². The smallest absolute Gasteiger partial charge is 0.279 e. The number of rotatable bonds is 2. The molecule has 1 aliphatic heterocycles. The van der Waals surface area contributed by atoms with Crippen molar-refractivity contribution in [1.82, 2.24) is 9.61 Å².